The maximum Gasteiger partial charge on any atom is 0.0547 e. The van der Waals surface area contributed by atoms with Gasteiger partial charge in [-0.2, -0.15) is 0 Å². The number of nitrogens with zero attached hydrogens (tertiary/aromatic N) is 2. The first-order valence-corrected chi connectivity index (χ1v) is 7.12. The van der Waals surface area contributed by atoms with Gasteiger partial charge in [0.15, 0.2) is 0 Å². The summed E-state index contributed by atoms with van der Waals surface area (Å²) in [5.74, 6) is 0.698. The van der Waals surface area contributed by atoms with Crippen LogP contribution in [0.4, 0.5) is 0 Å². The molecule has 0 saturated carbocycles. The molecule has 1 unspecified atom stereocenters. The summed E-state index contributed by atoms with van der Waals surface area (Å²) in [6.45, 7) is 11.5. The van der Waals surface area contributed by atoms with Crippen LogP contribution in [0.3, 0.4) is 0 Å². The molecule has 1 heterocycles. The fraction of sp³-hybridized carbons (Fsp3) is 1.00. The van der Waals surface area contributed by atoms with Crippen molar-refractivity contribution >= 4 is 0 Å². The number of likely N-dealkylation sites (N-methyl/N-ethyl adjacent to an activating group) is 1. The van der Waals surface area contributed by atoms with Crippen LogP contribution >= 0.6 is 0 Å². The van der Waals surface area contributed by atoms with E-state index in [0.717, 1.165) is 52.4 Å². The molecule has 0 amide bonds. The molecule has 1 fully saturated rings. The fourth-order valence-electron chi connectivity index (χ4n) is 2.57. The van der Waals surface area contributed by atoms with Crippen molar-refractivity contribution in [3.8, 4) is 0 Å². The fourth-order valence-corrected chi connectivity index (χ4v) is 2.57. The summed E-state index contributed by atoms with van der Waals surface area (Å²) in [5, 5.41) is 0. The highest BCUT2D eigenvalue weighted by Crippen LogP contribution is 2.28. The minimum atomic E-state index is 0.196. The smallest absolute Gasteiger partial charge is 0.0547 e. The third-order valence-electron chi connectivity index (χ3n) is 3.66. The van der Waals surface area contributed by atoms with E-state index in [1.807, 2.05) is 0 Å². The summed E-state index contributed by atoms with van der Waals surface area (Å²) in [6.07, 6.45) is 1.11. The summed E-state index contributed by atoms with van der Waals surface area (Å²) < 4.78 is 5.57. The van der Waals surface area contributed by atoms with Crippen molar-refractivity contribution in [2.45, 2.75) is 20.3 Å². The minimum Gasteiger partial charge on any atom is -0.381 e. The Morgan fingerprint density at radius 2 is 2.00 bits per heavy atom. The second-order valence-electron chi connectivity index (χ2n) is 6.44. The number of ether oxygens (including phenoxy) is 1. The van der Waals surface area contributed by atoms with Crippen LogP contribution in [-0.4, -0.2) is 69.8 Å². The monoisotopic (exact) mass is 257 g/mol. The Balaban J connectivity index is 2.52. The zero-order valence-corrected chi connectivity index (χ0v) is 12.6. The SMILES string of the molecule is CC(C)CN(CCN(C)C)CC1(CN)CCOC1. The second-order valence-corrected chi connectivity index (χ2v) is 6.44. The largest absolute Gasteiger partial charge is 0.381 e. The van der Waals surface area contributed by atoms with Crippen LogP contribution in [0.15, 0.2) is 0 Å². The zero-order chi connectivity index (χ0) is 13.6. The molecule has 2 N–H and O–H groups in total. The van der Waals surface area contributed by atoms with Gasteiger partial charge in [0.05, 0.1) is 6.61 Å². The van der Waals surface area contributed by atoms with E-state index in [0.29, 0.717) is 5.92 Å². The van der Waals surface area contributed by atoms with Crippen molar-refractivity contribution in [1.82, 2.24) is 9.80 Å². The van der Waals surface area contributed by atoms with Crippen LogP contribution in [0.5, 0.6) is 0 Å². The van der Waals surface area contributed by atoms with E-state index < -0.39 is 0 Å². The highest BCUT2D eigenvalue weighted by Gasteiger charge is 2.35. The Labute approximate surface area is 112 Å². The molecule has 1 saturated heterocycles. The summed E-state index contributed by atoms with van der Waals surface area (Å²) in [6, 6.07) is 0. The van der Waals surface area contributed by atoms with E-state index in [2.05, 4.69) is 37.7 Å². The molecule has 0 aromatic heterocycles. The zero-order valence-electron chi connectivity index (χ0n) is 12.6. The lowest BCUT2D eigenvalue weighted by molar-refractivity contribution is 0.104. The van der Waals surface area contributed by atoms with Crippen LogP contribution in [0.2, 0.25) is 0 Å². The first-order chi connectivity index (χ1) is 8.47. The van der Waals surface area contributed by atoms with E-state index in [1.54, 1.807) is 0 Å². The van der Waals surface area contributed by atoms with Crippen LogP contribution < -0.4 is 5.73 Å². The first-order valence-electron chi connectivity index (χ1n) is 7.12. The molecule has 0 radical (unpaired) electrons. The molecule has 0 aliphatic carbocycles. The van der Waals surface area contributed by atoms with Gasteiger partial charge in [0.25, 0.3) is 0 Å². The van der Waals surface area contributed by atoms with Crippen molar-refractivity contribution < 1.29 is 4.74 Å². The minimum absolute atomic E-state index is 0.196. The summed E-state index contributed by atoms with van der Waals surface area (Å²) >= 11 is 0. The molecular formula is C14H31N3O. The van der Waals surface area contributed by atoms with E-state index in [4.69, 9.17) is 10.5 Å². The third kappa shape index (κ3) is 5.22. The third-order valence-corrected chi connectivity index (χ3v) is 3.66. The number of rotatable bonds is 8. The van der Waals surface area contributed by atoms with Gasteiger partial charge in [-0.15, -0.1) is 0 Å². The van der Waals surface area contributed by atoms with Gasteiger partial charge in [0, 0.05) is 44.7 Å². The molecule has 1 rings (SSSR count). The number of hydrogen-bond donors (Lipinski definition) is 1. The Kier molecular flexibility index (Phi) is 6.57. The van der Waals surface area contributed by atoms with E-state index in [1.165, 1.54) is 0 Å². The summed E-state index contributed by atoms with van der Waals surface area (Å²) in [7, 11) is 4.26. The lowest BCUT2D eigenvalue weighted by Crippen LogP contribution is -2.46. The Hall–Kier alpha value is -0.160. The van der Waals surface area contributed by atoms with Crippen LogP contribution in [-0.2, 0) is 4.74 Å². The average molecular weight is 257 g/mol. The molecule has 0 bridgehead atoms. The topological polar surface area (TPSA) is 41.7 Å². The first kappa shape index (κ1) is 15.9. The summed E-state index contributed by atoms with van der Waals surface area (Å²) in [4.78, 5) is 4.81. The molecule has 1 aliphatic rings. The van der Waals surface area contributed by atoms with Crippen molar-refractivity contribution in [3.05, 3.63) is 0 Å². The molecule has 18 heavy (non-hydrogen) atoms. The average Bonchev–Trinajstić information content (AvgIpc) is 2.74. The van der Waals surface area contributed by atoms with Crippen molar-refractivity contribution in [3.63, 3.8) is 0 Å². The predicted octanol–water partition coefficient (Wildman–Crippen LogP) is 0.871. The molecule has 0 aromatic rings. The van der Waals surface area contributed by atoms with E-state index >= 15 is 0 Å². The Morgan fingerprint density at radius 3 is 2.44 bits per heavy atom. The van der Waals surface area contributed by atoms with Gasteiger partial charge >= 0.3 is 0 Å². The quantitative estimate of drug-likeness (QED) is 0.701. The molecule has 1 aliphatic heterocycles. The molecule has 108 valence electrons. The normalized spacial score (nSPS) is 24.7. The maximum atomic E-state index is 5.99. The van der Waals surface area contributed by atoms with Gasteiger partial charge in [-0.3, -0.25) is 0 Å². The lowest BCUT2D eigenvalue weighted by atomic mass is 9.86. The molecule has 4 heteroatoms. The Bertz CT molecular complexity index is 225. The Morgan fingerprint density at radius 1 is 1.28 bits per heavy atom. The number of nitrogens with two attached hydrogens (primary N) is 1. The van der Waals surface area contributed by atoms with Crippen LogP contribution in [0, 0.1) is 11.3 Å². The van der Waals surface area contributed by atoms with Crippen molar-refractivity contribution in [2.24, 2.45) is 17.1 Å². The second kappa shape index (κ2) is 7.43. The molecule has 0 aromatic carbocycles. The van der Waals surface area contributed by atoms with Gasteiger partial charge in [-0.05, 0) is 26.4 Å². The van der Waals surface area contributed by atoms with E-state index in [9.17, 15) is 0 Å². The van der Waals surface area contributed by atoms with Crippen LogP contribution in [0.25, 0.3) is 0 Å². The van der Waals surface area contributed by atoms with E-state index in [-0.39, 0.29) is 5.41 Å². The standard InChI is InChI=1S/C14H31N3O/c1-13(2)9-17(7-6-16(3)4)11-14(10-15)5-8-18-12-14/h13H,5-12,15H2,1-4H3. The van der Waals surface area contributed by atoms with Gasteiger partial charge < -0.3 is 20.3 Å². The highest BCUT2D eigenvalue weighted by atomic mass is 16.5. The molecular weight excluding hydrogens is 226 g/mol. The van der Waals surface area contributed by atoms with Crippen LogP contribution in [0.1, 0.15) is 20.3 Å². The molecule has 4 nitrogen and oxygen atoms in total. The molecule has 0 spiro atoms. The van der Waals surface area contributed by atoms with Gasteiger partial charge in [0.2, 0.25) is 0 Å². The highest BCUT2D eigenvalue weighted by molar-refractivity contribution is 4.87. The van der Waals surface area contributed by atoms with Crippen molar-refractivity contribution in [2.75, 3.05) is 60.0 Å². The van der Waals surface area contributed by atoms with Crippen molar-refractivity contribution in [1.29, 1.82) is 0 Å². The lowest BCUT2D eigenvalue weighted by Gasteiger charge is -2.35. The maximum absolute atomic E-state index is 5.99. The number of hydrogen-bond acceptors (Lipinski definition) is 4. The molecule has 1 atom stereocenters. The van der Waals surface area contributed by atoms with Gasteiger partial charge in [-0.1, -0.05) is 13.8 Å². The predicted molar refractivity (Wildman–Crippen MR) is 76.8 cm³/mol. The van der Waals surface area contributed by atoms with Gasteiger partial charge in [0.1, 0.15) is 0 Å². The summed E-state index contributed by atoms with van der Waals surface area (Å²) in [5.41, 5.74) is 6.18. The van der Waals surface area contributed by atoms with Gasteiger partial charge in [-0.25, -0.2) is 0 Å².